The maximum absolute atomic E-state index is 13.7. The minimum atomic E-state index is -3.85. The number of fused-ring (bicyclic) bond motifs is 1. The van der Waals surface area contributed by atoms with Crippen molar-refractivity contribution >= 4 is 27.5 Å². The van der Waals surface area contributed by atoms with E-state index in [1.807, 2.05) is 13.8 Å². The van der Waals surface area contributed by atoms with Gasteiger partial charge in [-0.05, 0) is 50.1 Å². The van der Waals surface area contributed by atoms with Crippen LogP contribution in [0.3, 0.4) is 0 Å². The number of nitrogens with one attached hydrogen (secondary N) is 1. The van der Waals surface area contributed by atoms with Gasteiger partial charge in [0.1, 0.15) is 31.5 Å². The van der Waals surface area contributed by atoms with Gasteiger partial charge in [-0.3, -0.25) is 13.9 Å². The van der Waals surface area contributed by atoms with Gasteiger partial charge in [-0.25, -0.2) is 8.42 Å². The molecule has 2 aromatic carbocycles. The van der Waals surface area contributed by atoms with E-state index >= 15 is 0 Å². The van der Waals surface area contributed by atoms with Crippen molar-refractivity contribution in [2.45, 2.75) is 45.8 Å². The van der Waals surface area contributed by atoms with E-state index in [9.17, 15) is 18.0 Å². The summed E-state index contributed by atoms with van der Waals surface area (Å²) in [7, 11) is -2.29. The maximum Gasteiger partial charge on any atom is 0.244 e. The minimum Gasteiger partial charge on any atom is -0.497 e. The van der Waals surface area contributed by atoms with Crippen molar-refractivity contribution in [1.82, 2.24) is 10.2 Å². The normalized spacial score (nSPS) is 14.3. The standard InChI is InChI=1S/C26H35N3O7S/c1-6-18(2)27-26(31)19(3)28(16-20-7-10-22(34-4)11-8-20)25(30)17-29(37(5,32)33)21-9-12-23-24(15-21)36-14-13-35-23/h7-12,15,18-19H,6,13-14,16-17H2,1-5H3,(H,27,31)/t18-,19+/m0/s1. The minimum absolute atomic E-state index is 0.0712. The molecular formula is C26H35N3O7S. The Morgan fingerprint density at radius 1 is 1.05 bits per heavy atom. The molecule has 2 amide bonds. The Labute approximate surface area is 218 Å². The van der Waals surface area contributed by atoms with Gasteiger partial charge in [0.25, 0.3) is 0 Å². The molecule has 11 heteroatoms. The number of rotatable bonds is 11. The summed E-state index contributed by atoms with van der Waals surface area (Å²) in [5, 5.41) is 2.90. The van der Waals surface area contributed by atoms with Crippen molar-refractivity contribution in [3.8, 4) is 17.2 Å². The molecule has 2 atom stereocenters. The van der Waals surface area contributed by atoms with Gasteiger partial charge in [-0.1, -0.05) is 19.1 Å². The predicted molar refractivity (Wildman–Crippen MR) is 141 cm³/mol. The quantitative estimate of drug-likeness (QED) is 0.472. The van der Waals surface area contributed by atoms with E-state index < -0.39 is 28.5 Å². The number of hydrogen-bond acceptors (Lipinski definition) is 7. The number of ether oxygens (including phenoxy) is 3. The molecule has 0 saturated heterocycles. The van der Waals surface area contributed by atoms with Gasteiger partial charge in [-0.2, -0.15) is 0 Å². The van der Waals surface area contributed by atoms with Crippen molar-refractivity contribution in [3.05, 3.63) is 48.0 Å². The van der Waals surface area contributed by atoms with Gasteiger partial charge < -0.3 is 24.4 Å². The molecule has 0 spiro atoms. The number of carbonyl (C=O) groups is 2. The number of benzene rings is 2. The smallest absolute Gasteiger partial charge is 0.244 e. The van der Waals surface area contributed by atoms with Crippen molar-refractivity contribution in [2.24, 2.45) is 0 Å². The van der Waals surface area contributed by atoms with E-state index in [0.29, 0.717) is 30.5 Å². The Kier molecular flexibility index (Phi) is 9.25. The molecule has 0 radical (unpaired) electrons. The number of amides is 2. The summed E-state index contributed by atoms with van der Waals surface area (Å²) in [4.78, 5) is 28.0. The first-order valence-electron chi connectivity index (χ1n) is 12.1. The van der Waals surface area contributed by atoms with Crippen LogP contribution in [0, 0.1) is 0 Å². The number of nitrogens with zero attached hydrogens (tertiary/aromatic N) is 2. The SMILES string of the molecule is CC[C@H](C)NC(=O)[C@@H](C)N(Cc1ccc(OC)cc1)C(=O)CN(c1ccc2c(c1)OCCO2)S(C)(=O)=O. The highest BCUT2D eigenvalue weighted by Crippen LogP contribution is 2.34. The zero-order valence-corrected chi connectivity index (χ0v) is 22.7. The van der Waals surface area contributed by atoms with E-state index in [1.54, 1.807) is 50.4 Å². The Balaban J connectivity index is 1.91. The summed E-state index contributed by atoms with van der Waals surface area (Å²) in [5.74, 6) is 0.725. The maximum atomic E-state index is 13.7. The number of methoxy groups -OCH3 is 1. The zero-order valence-electron chi connectivity index (χ0n) is 21.9. The van der Waals surface area contributed by atoms with E-state index in [0.717, 1.165) is 22.5 Å². The Bertz CT molecular complexity index is 1200. The zero-order chi connectivity index (χ0) is 27.2. The van der Waals surface area contributed by atoms with Crippen LogP contribution in [0.1, 0.15) is 32.8 Å². The second kappa shape index (κ2) is 12.2. The highest BCUT2D eigenvalue weighted by Gasteiger charge is 2.31. The van der Waals surface area contributed by atoms with Crippen molar-refractivity contribution < 1.29 is 32.2 Å². The predicted octanol–water partition coefficient (Wildman–Crippen LogP) is 2.56. The molecule has 1 aliphatic heterocycles. The second-order valence-corrected chi connectivity index (χ2v) is 10.9. The van der Waals surface area contributed by atoms with E-state index in [4.69, 9.17) is 14.2 Å². The average molecular weight is 534 g/mol. The van der Waals surface area contributed by atoms with E-state index in [2.05, 4.69) is 5.32 Å². The first-order chi connectivity index (χ1) is 17.5. The lowest BCUT2D eigenvalue weighted by Crippen LogP contribution is -2.52. The molecular weight excluding hydrogens is 498 g/mol. The highest BCUT2D eigenvalue weighted by molar-refractivity contribution is 7.92. The van der Waals surface area contributed by atoms with Crippen LogP contribution in [0.25, 0.3) is 0 Å². The summed E-state index contributed by atoms with van der Waals surface area (Å²) in [6.07, 6.45) is 1.76. The molecule has 0 aromatic heterocycles. The summed E-state index contributed by atoms with van der Waals surface area (Å²) >= 11 is 0. The van der Waals surface area contributed by atoms with E-state index in [1.165, 1.54) is 11.0 Å². The lowest BCUT2D eigenvalue weighted by Gasteiger charge is -2.32. The molecule has 2 aromatic rings. The van der Waals surface area contributed by atoms with Crippen molar-refractivity contribution in [2.75, 3.05) is 37.4 Å². The molecule has 0 unspecified atom stereocenters. The monoisotopic (exact) mass is 533 g/mol. The van der Waals surface area contributed by atoms with Crippen LogP contribution in [0.2, 0.25) is 0 Å². The Morgan fingerprint density at radius 2 is 1.70 bits per heavy atom. The number of sulfonamides is 1. The molecule has 0 bridgehead atoms. The molecule has 0 saturated carbocycles. The summed E-state index contributed by atoms with van der Waals surface area (Å²) in [6, 6.07) is 10.9. The van der Waals surface area contributed by atoms with Gasteiger partial charge in [-0.15, -0.1) is 0 Å². The first kappa shape index (κ1) is 28.1. The second-order valence-electron chi connectivity index (χ2n) is 8.96. The summed E-state index contributed by atoms with van der Waals surface area (Å²) in [6.45, 7) is 5.82. The van der Waals surface area contributed by atoms with Gasteiger partial charge in [0.05, 0.1) is 19.1 Å². The lowest BCUT2D eigenvalue weighted by atomic mass is 10.1. The van der Waals surface area contributed by atoms with Gasteiger partial charge >= 0.3 is 0 Å². The number of hydrogen-bond donors (Lipinski definition) is 1. The molecule has 1 aliphatic rings. The fourth-order valence-electron chi connectivity index (χ4n) is 3.78. The van der Waals surface area contributed by atoms with Gasteiger partial charge in [0, 0.05) is 18.7 Å². The van der Waals surface area contributed by atoms with Crippen molar-refractivity contribution in [3.63, 3.8) is 0 Å². The molecule has 202 valence electrons. The molecule has 10 nitrogen and oxygen atoms in total. The van der Waals surface area contributed by atoms with Crippen LogP contribution in [0.15, 0.2) is 42.5 Å². The average Bonchev–Trinajstić information content (AvgIpc) is 2.89. The third kappa shape index (κ3) is 7.28. The molecule has 1 heterocycles. The number of anilines is 1. The van der Waals surface area contributed by atoms with Crippen LogP contribution < -0.4 is 23.8 Å². The number of carbonyl (C=O) groups excluding carboxylic acids is 2. The largest absolute Gasteiger partial charge is 0.497 e. The summed E-state index contributed by atoms with van der Waals surface area (Å²) < 4.78 is 42.9. The van der Waals surface area contributed by atoms with Gasteiger partial charge in [0.2, 0.25) is 21.8 Å². The molecule has 37 heavy (non-hydrogen) atoms. The Hall–Kier alpha value is -3.47. The van der Waals surface area contributed by atoms with Crippen LogP contribution in [-0.4, -0.2) is 70.3 Å². The van der Waals surface area contributed by atoms with Crippen LogP contribution in [0.4, 0.5) is 5.69 Å². The summed E-state index contributed by atoms with van der Waals surface area (Å²) in [5.41, 5.74) is 1.03. The highest BCUT2D eigenvalue weighted by atomic mass is 32.2. The molecule has 3 rings (SSSR count). The third-order valence-corrected chi connectivity index (χ3v) is 7.31. The Morgan fingerprint density at radius 3 is 2.30 bits per heavy atom. The fraction of sp³-hybridized carbons (Fsp3) is 0.462. The van der Waals surface area contributed by atoms with Gasteiger partial charge in [0.15, 0.2) is 11.5 Å². The van der Waals surface area contributed by atoms with E-state index in [-0.39, 0.29) is 24.2 Å². The van der Waals surface area contributed by atoms with Crippen LogP contribution in [0.5, 0.6) is 17.2 Å². The topological polar surface area (TPSA) is 114 Å². The molecule has 0 fully saturated rings. The lowest BCUT2D eigenvalue weighted by molar-refractivity contribution is -0.139. The first-order valence-corrected chi connectivity index (χ1v) is 14.0. The van der Waals surface area contributed by atoms with Crippen LogP contribution in [-0.2, 0) is 26.2 Å². The fourth-order valence-corrected chi connectivity index (χ4v) is 4.62. The molecule has 0 aliphatic carbocycles. The third-order valence-electron chi connectivity index (χ3n) is 6.17. The van der Waals surface area contributed by atoms with Crippen LogP contribution >= 0.6 is 0 Å². The van der Waals surface area contributed by atoms with Crippen molar-refractivity contribution in [1.29, 1.82) is 0 Å². The molecule has 1 N–H and O–H groups in total.